The molecular formula is C30H40FN3O2. The molecule has 1 unspecified atom stereocenters. The first-order valence-corrected chi connectivity index (χ1v) is 13.2. The van der Waals surface area contributed by atoms with Crippen molar-refractivity contribution in [3.05, 3.63) is 71.5 Å². The van der Waals surface area contributed by atoms with Gasteiger partial charge in [0.1, 0.15) is 5.82 Å². The summed E-state index contributed by atoms with van der Waals surface area (Å²) in [6.07, 6.45) is 2.34. The maximum absolute atomic E-state index is 13.7. The Balaban J connectivity index is 1.52. The fraction of sp³-hybridized carbons (Fsp3) is 0.533. The van der Waals surface area contributed by atoms with Gasteiger partial charge in [-0.2, -0.15) is 0 Å². The summed E-state index contributed by atoms with van der Waals surface area (Å²) < 4.78 is 13.7. The monoisotopic (exact) mass is 493 g/mol. The number of carbonyl (C=O) groups is 2. The van der Waals surface area contributed by atoms with Gasteiger partial charge in [-0.1, -0.05) is 63.2 Å². The van der Waals surface area contributed by atoms with Crippen molar-refractivity contribution in [1.29, 1.82) is 0 Å². The van der Waals surface area contributed by atoms with Crippen LogP contribution in [0.4, 0.5) is 4.39 Å². The van der Waals surface area contributed by atoms with Crippen molar-refractivity contribution < 1.29 is 14.0 Å². The fourth-order valence-corrected chi connectivity index (χ4v) is 5.79. The van der Waals surface area contributed by atoms with Crippen LogP contribution < -0.4 is 0 Å². The Hall–Kier alpha value is -2.73. The Morgan fingerprint density at radius 2 is 1.53 bits per heavy atom. The van der Waals surface area contributed by atoms with E-state index in [2.05, 4.69) is 42.7 Å². The molecule has 0 radical (unpaired) electrons. The van der Waals surface area contributed by atoms with Gasteiger partial charge in [0, 0.05) is 52.1 Å². The molecule has 5 nitrogen and oxygen atoms in total. The summed E-state index contributed by atoms with van der Waals surface area (Å²) in [5.41, 5.74) is 2.15. The molecule has 194 valence electrons. The molecule has 36 heavy (non-hydrogen) atoms. The lowest BCUT2D eigenvalue weighted by atomic mass is 9.82. The zero-order valence-electron chi connectivity index (χ0n) is 22.1. The van der Waals surface area contributed by atoms with Crippen LogP contribution >= 0.6 is 0 Å². The molecule has 4 rings (SSSR count). The predicted molar refractivity (Wildman–Crippen MR) is 141 cm³/mol. The fourth-order valence-electron chi connectivity index (χ4n) is 5.79. The third-order valence-corrected chi connectivity index (χ3v) is 7.92. The van der Waals surface area contributed by atoms with Gasteiger partial charge < -0.3 is 9.80 Å². The summed E-state index contributed by atoms with van der Waals surface area (Å²) >= 11 is 0. The topological polar surface area (TPSA) is 43.9 Å². The second kappa shape index (κ2) is 11.1. The molecule has 0 spiro atoms. The van der Waals surface area contributed by atoms with Gasteiger partial charge in [0.25, 0.3) is 0 Å². The van der Waals surface area contributed by atoms with Gasteiger partial charge in [-0.05, 0) is 47.4 Å². The average molecular weight is 494 g/mol. The smallest absolute Gasteiger partial charge is 0.223 e. The molecule has 2 aliphatic rings. The third-order valence-electron chi connectivity index (χ3n) is 7.92. The van der Waals surface area contributed by atoms with Crippen LogP contribution in [0.3, 0.4) is 0 Å². The minimum atomic E-state index is -0.234. The van der Waals surface area contributed by atoms with E-state index in [0.717, 1.165) is 44.6 Å². The Labute approximate surface area is 215 Å². The van der Waals surface area contributed by atoms with Gasteiger partial charge in [0.2, 0.25) is 11.8 Å². The van der Waals surface area contributed by atoms with E-state index in [0.29, 0.717) is 18.9 Å². The highest BCUT2D eigenvalue weighted by molar-refractivity contribution is 5.77. The van der Waals surface area contributed by atoms with Crippen LogP contribution in [0, 0.1) is 17.2 Å². The SMILES string of the molecule is CC(=O)N1CCC(CC(=O)N2CCN(C(c3ccccc3)c3ccc(F)cc3)C[C@@H]2C(C)(C)C)CC1. The van der Waals surface area contributed by atoms with Crippen molar-refractivity contribution in [2.45, 2.75) is 59.0 Å². The van der Waals surface area contributed by atoms with Gasteiger partial charge in [-0.15, -0.1) is 0 Å². The number of benzene rings is 2. The van der Waals surface area contributed by atoms with E-state index >= 15 is 0 Å². The maximum Gasteiger partial charge on any atom is 0.223 e. The van der Waals surface area contributed by atoms with Crippen LogP contribution in [0.5, 0.6) is 0 Å². The zero-order valence-corrected chi connectivity index (χ0v) is 22.1. The Kier molecular flexibility index (Phi) is 8.13. The van der Waals surface area contributed by atoms with E-state index in [1.54, 1.807) is 6.92 Å². The number of piperidine rings is 1. The largest absolute Gasteiger partial charge is 0.343 e. The highest BCUT2D eigenvalue weighted by Gasteiger charge is 2.40. The van der Waals surface area contributed by atoms with Crippen molar-refractivity contribution in [3.8, 4) is 0 Å². The molecule has 6 heteroatoms. The van der Waals surface area contributed by atoms with Crippen LogP contribution in [-0.2, 0) is 9.59 Å². The summed E-state index contributed by atoms with van der Waals surface area (Å²) in [7, 11) is 0. The van der Waals surface area contributed by atoms with E-state index in [4.69, 9.17) is 0 Å². The van der Waals surface area contributed by atoms with Crippen molar-refractivity contribution in [1.82, 2.24) is 14.7 Å². The molecule has 0 bridgehead atoms. The van der Waals surface area contributed by atoms with Gasteiger partial charge in [-0.25, -0.2) is 4.39 Å². The van der Waals surface area contributed by atoms with Crippen LogP contribution in [0.1, 0.15) is 64.1 Å². The van der Waals surface area contributed by atoms with Gasteiger partial charge in [0.05, 0.1) is 6.04 Å². The lowest BCUT2D eigenvalue weighted by molar-refractivity contribution is -0.141. The maximum atomic E-state index is 13.7. The highest BCUT2D eigenvalue weighted by atomic mass is 19.1. The molecule has 2 saturated heterocycles. The third kappa shape index (κ3) is 6.15. The van der Waals surface area contributed by atoms with Crippen LogP contribution in [0.15, 0.2) is 54.6 Å². The number of nitrogens with zero attached hydrogens (tertiary/aromatic N) is 3. The number of piperazine rings is 1. The van der Waals surface area contributed by atoms with Gasteiger partial charge in [-0.3, -0.25) is 14.5 Å². The molecule has 2 amide bonds. The first-order chi connectivity index (χ1) is 17.1. The molecule has 2 heterocycles. The Morgan fingerprint density at radius 1 is 0.917 bits per heavy atom. The lowest BCUT2D eigenvalue weighted by Crippen LogP contribution is -2.60. The van der Waals surface area contributed by atoms with Crippen molar-refractivity contribution in [2.24, 2.45) is 11.3 Å². The van der Waals surface area contributed by atoms with E-state index in [-0.39, 0.29) is 35.1 Å². The molecule has 2 fully saturated rings. The van der Waals surface area contributed by atoms with Gasteiger partial charge in [0.15, 0.2) is 0 Å². The average Bonchev–Trinajstić information content (AvgIpc) is 2.86. The Bertz CT molecular complexity index is 1030. The second-order valence-corrected chi connectivity index (χ2v) is 11.5. The molecule has 0 saturated carbocycles. The summed E-state index contributed by atoms with van der Waals surface area (Å²) in [6, 6.07) is 17.3. The molecular weight excluding hydrogens is 453 g/mol. The number of halogens is 1. The number of likely N-dealkylation sites (tertiary alicyclic amines) is 1. The molecule has 2 atom stereocenters. The number of rotatable bonds is 5. The number of carbonyl (C=O) groups excluding carboxylic acids is 2. The van der Waals surface area contributed by atoms with E-state index < -0.39 is 0 Å². The second-order valence-electron chi connectivity index (χ2n) is 11.5. The molecule has 0 aromatic heterocycles. The first kappa shape index (κ1) is 26.3. The Morgan fingerprint density at radius 3 is 2.11 bits per heavy atom. The molecule has 2 aromatic rings. The van der Waals surface area contributed by atoms with Crippen LogP contribution in [0.25, 0.3) is 0 Å². The number of hydrogen-bond acceptors (Lipinski definition) is 3. The molecule has 0 aliphatic carbocycles. The first-order valence-electron chi connectivity index (χ1n) is 13.2. The van der Waals surface area contributed by atoms with Crippen LogP contribution in [0.2, 0.25) is 0 Å². The predicted octanol–water partition coefficient (Wildman–Crippen LogP) is 5.12. The molecule has 0 N–H and O–H groups in total. The van der Waals surface area contributed by atoms with Gasteiger partial charge >= 0.3 is 0 Å². The number of hydrogen-bond donors (Lipinski definition) is 0. The normalized spacial score (nSPS) is 20.9. The van der Waals surface area contributed by atoms with Crippen molar-refractivity contribution >= 4 is 11.8 Å². The molecule has 2 aliphatic heterocycles. The number of amides is 2. The minimum absolute atomic E-state index is 0.00445. The summed E-state index contributed by atoms with van der Waals surface area (Å²) in [5, 5.41) is 0. The van der Waals surface area contributed by atoms with Crippen molar-refractivity contribution in [2.75, 3.05) is 32.7 Å². The van der Waals surface area contributed by atoms with E-state index in [9.17, 15) is 14.0 Å². The summed E-state index contributed by atoms with van der Waals surface area (Å²) in [4.78, 5) is 31.7. The lowest BCUT2D eigenvalue weighted by Gasteiger charge is -2.50. The summed E-state index contributed by atoms with van der Waals surface area (Å²) in [6.45, 7) is 11.9. The molecule has 2 aromatic carbocycles. The van der Waals surface area contributed by atoms with Crippen LogP contribution in [-0.4, -0.2) is 65.3 Å². The minimum Gasteiger partial charge on any atom is -0.343 e. The van der Waals surface area contributed by atoms with E-state index in [1.807, 2.05) is 35.2 Å². The van der Waals surface area contributed by atoms with Crippen molar-refractivity contribution in [3.63, 3.8) is 0 Å². The quantitative estimate of drug-likeness (QED) is 0.581. The zero-order chi connectivity index (χ0) is 25.9. The highest BCUT2D eigenvalue weighted by Crippen LogP contribution is 2.36. The summed E-state index contributed by atoms with van der Waals surface area (Å²) in [5.74, 6) is 0.456. The standard InChI is InChI=1S/C30H40FN3O2/c1-22(35)32-16-14-23(15-17-32)20-28(36)34-19-18-33(21-27(34)30(2,3)4)29(24-8-6-5-7-9-24)25-10-12-26(31)13-11-25/h5-13,23,27,29H,14-21H2,1-4H3/t27-,29?/m1/s1. The van der Waals surface area contributed by atoms with E-state index in [1.165, 1.54) is 17.7 Å².